The van der Waals surface area contributed by atoms with Crippen molar-refractivity contribution in [3.05, 3.63) is 22.4 Å². The summed E-state index contributed by atoms with van der Waals surface area (Å²) in [4.78, 5) is 3.55. The number of aliphatic hydroxyl groups is 1. The fourth-order valence-corrected chi connectivity index (χ4v) is 2.64. The molecule has 0 aliphatic rings. The van der Waals surface area contributed by atoms with Crippen molar-refractivity contribution in [3.8, 4) is 0 Å². The quantitative estimate of drug-likeness (QED) is 0.742. The van der Waals surface area contributed by atoms with Gasteiger partial charge < -0.3 is 10.8 Å². The number of hydrogen-bond donors (Lipinski definition) is 2. The molecule has 0 saturated carbocycles. The van der Waals surface area contributed by atoms with Crippen molar-refractivity contribution in [2.24, 2.45) is 5.73 Å². The number of thiophene rings is 1. The lowest BCUT2D eigenvalue weighted by atomic mass is 10.2. The van der Waals surface area contributed by atoms with E-state index in [1.54, 1.807) is 11.3 Å². The third kappa shape index (κ3) is 3.57. The summed E-state index contributed by atoms with van der Waals surface area (Å²) in [5.41, 5.74) is 5.81. The highest BCUT2D eigenvalue weighted by Crippen LogP contribution is 2.23. The molecule has 3 nitrogen and oxygen atoms in total. The van der Waals surface area contributed by atoms with E-state index in [1.807, 2.05) is 6.07 Å². The summed E-state index contributed by atoms with van der Waals surface area (Å²) < 4.78 is 0. The molecule has 0 amide bonds. The van der Waals surface area contributed by atoms with Crippen molar-refractivity contribution in [2.75, 3.05) is 26.2 Å². The van der Waals surface area contributed by atoms with Gasteiger partial charge in [-0.1, -0.05) is 13.0 Å². The van der Waals surface area contributed by atoms with Crippen molar-refractivity contribution in [2.45, 2.75) is 19.4 Å². The van der Waals surface area contributed by atoms with Gasteiger partial charge in [0.15, 0.2) is 0 Å². The molecule has 86 valence electrons. The van der Waals surface area contributed by atoms with Crippen LogP contribution in [0.4, 0.5) is 0 Å². The molecule has 1 aromatic rings. The van der Waals surface area contributed by atoms with Crippen LogP contribution < -0.4 is 5.73 Å². The van der Waals surface area contributed by atoms with Crippen LogP contribution in [0.25, 0.3) is 0 Å². The lowest BCUT2D eigenvalue weighted by molar-refractivity contribution is 0.155. The van der Waals surface area contributed by atoms with Crippen LogP contribution in [0, 0.1) is 0 Å². The molecule has 15 heavy (non-hydrogen) atoms. The molecule has 3 N–H and O–H groups in total. The molecule has 0 saturated heterocycles. The van der Waals surface area contributed by atoms with E-state index < -0.39 is 0 Å². The Morgan fingerprint density at radius 1 is 1.53 bits per heavy atom. The summed E-state index contributed by atoms with van der Waals surface area (Å²) in [5, 5.41) is 11.1. The predicted molar refractivity (Wildman–Crippen MR) is 65.1 cm³/mol. The van der Waals surface area contributed by atoms with Gasteiger partial charge in [0.2, 0.25) is 0 Å². The number of nitrogens with zero attached hydrogens (tertiary/aromatic N) is 1. The molecule has 1 rings (SSSR count). The smallest absolute Gasteiger partial charge is 0.0565 e. The first-order valence-electron chi connectivity index (χ1n) is 5.41. The third-order valence-electron chi connectivity index (χ3n) is 2.43. The van der Waals surface area contributed by atoms with Gasteiger partial charge in [-0.3, -0.25) is 4.90 Å². The van der Waals surface area contributed by atoms with E-state index in [1.165, 1.54) is 4.88 Å². The number of hydrogen-bond acceptors (Lipinski definition) is 4. The molecule has 0 aliphatic carbocycles. The molecule has 0 spiro atoms. The highest BCUT2D eigenvalue weighted by atomic mass is 32.1. The number of nitrogens with two attached hydrogens (primary N) is 1. The van der Waals surface area contributed by atoms with Crippen molar-refractivity contribution in [3.63, 3.8) is 0 Å². The van der Waals surface area contributed by atoms with E-state index in [9.17, 15) is 0 Å². The van der Waals surface area contributed by atoms with Crippen LogP contribution in [-0.2, 0) is 0 Å². The Morgan fingerprint density at radius 2 is 2.33 bits per heavy atom. The molecule has 0 fully saturated rings. The van der Waals surface area contributed by atoms with Crippen LogP contribution in [0.2, 0.25) is 0 Å². The second kappa shape index (κ2) is 6.95. The Morgan fingerprint density at radius 3 is 2.80 bits per heavy atom. The van der Waals surface area contributed by atoms with Gasteiger partial charge in [-0.05, 0) is 24.4 Å². The third-order valence-corrected chi connectivity index (χ3v) is 3.41. The van der Waals surface area contributed by atoms with Crippen LogP contribution in [-0.4, -0.2) is 36.2 Å². The average molecular weight is 228 g/mol. The Kier molecular flexibility index (Phi) is 5.86. The normalized spacial score (nSPS) is 13.3. The Balaban J connectivity index is 2.69. The maximum absolute atomic E-state index is 9.03. The Bertz CT molecular complexity index is 245. The van der Waals surface area contributed by atoms with Gasteiger partial charge in [-0.2, -0.15) is 0 Å². The first-order chi connectivity index (χ1) is 7.33. The molecular weight excluding hydrogens is 208 g/mol. The van der Waals surface area contributed by atoms with Gasteiger partial charge in [0.25, 0.3) is 0 Å². The summed E-state index contributed by atoms with van der Waals surface area (Å²) in [6.45, 7) is 4.64. The van der Waals surface area contributed by atoms with Gasteiger partial charge in [-0.25, -0.2) is 0 Å². The molecular formula is C11H20N2OS. The summed E-state index contributed by atoms with van der Waals surface area (Å²) in [6, 6.07) is 4.42. The van der Waals surface area contributed by atoms with Crippen LogP contribution in [0.15, 0.2) is 17.5 Å². The van der Waals surface area contributed by atoms with Crippen LogP contribution in [0.1, 0.15) is 24.3 Å². The van der Waals surface area contributed by atoms with E-state index in [2.05, 4.69) is 23.3 Å². The molecule has 4 heteroatoms. The largest absolute Gasteiger partial charge is 0.395 e. The predicted octanol–water partition coefficient (Wildman–Crippen LogP) is 1.45. The standard InChI is InChI=1S/C11H20N2OS/c1-2-5-13(6-7-14)10(9-12)11-4-3-8-15-11/h3-4,8,10,14H,2,5-7,9,12H2,1H3. The van der Waals surface area contributed by atoms with Crippen molar-refractivity contribution in [1.29, 1.82) is 0 Å². The summed E-state index contributed by atoms with van der Waals surface area (Å²) in [5.74, 6) is 0. The Labute approximate surface area is 95.5 Å². The number of rotatable bonds is 7. The second-order valence-corrected chi connectivity index (χ2v) is 4.51. The minimum Gasteiger partial charge on any atom is -0.395 e. The van der Waals surface area contributed by atoms with Crippen molar-refractivity contribution in [1.82, 2.24) is 4.90 Å². The maximum Gasteiger partial charge on any atom is 0.0565 e. The van der Waals surface area contributed by atoms with E-state index in [4.69, 9.17) is 10.8 Å². The minimum absolute atomic E-state index is 0.196. The summed E-state index contributed by atoms with van der Waals surface area (Å²) in [6.07, 6.45) is 1.09. The topological polar surface area (TPSA) is 49.5 Å². The molecule has 0 radical (unpaired) electrons. The van der Waals surface area contributed by atoms with E-state index >= 15 is 0 Å². The fraction of sp³-hybridized carbons (Fsp3) is 0.636. The minimum atomic E-state index is 0.196. The SMILES string of the molecule is CCCN(CCO)C(CN)c1cccs1. The molecule has 0 bridgehead atoms. The van der Waals surface area contributed by atoms with Gasteiger partial charge in [-0.15, -0.1) is 11.3 Å². The van der Waals surface area contributed by atoms with E-state index in [0.717, 1.165) is 13.0 Å². The molecule has 0 aliphatic heterocycles. The zero-order chi connectivity index (χ0) is 11.1. The molecule has 1 aromatic heterocycles. The van der Waals surface area contributed by atoms with Crippen LogP contribution >= 0.6 is 11.3 Å². The monoisotopic (exact) mass is 228 g/mol. The highest BCUT2D eigenvalue weighted by Gasteiger charge is 2.18. The van der Waals surface area contributed by atoms with Crippen molar-refractivity contribution < 1.29 is 5.11 Å². The fourth-order valence-electron chi connectivity index (χ4n) is 1.77. The molecule has 1 heterocycles. The zero-order valence-corrected chi connectivity index (χ0v) is 10.0. The lowest BCUT2D eigenvalue weighted by Crippen LogP contribution is -2.35. The second-order valence-electron chi connectivity index (χ2n) is 3.53. The first kappa shape index (κ1) is 12.6. The van der Waals surface area contributed by atoms with Crippen LogP contribution in [0.5, 0.6) is 0 Å². The van der Waals surface area contributed by atoms with Crippen molar-refractivity contribution >= 4 is 11.3 Å². The van der Waals surface area contributed by atoms with Gasteiger partial charge >= 0.3 is 0 Å². The van der Waals surface area contributed by atoms with Gasteiger partial charge in [0.05, 0.1) is 12.6 Å². The molecule has 1 atom stereocenters. The lowest BCUT2D eigenvalue weighted by Gasteiger charge is -2.29. The maximum atomic E-state index is 9.03. The summed E-state index contributed by atoms with van der Waals surface area (Å²) in [7, 11) is 0. The summed E-state index contributed by atoms with van der Waals surface area (Å²) >= 11 is 1.73. The highest BCUT2D eigenvalue weighted by molar-refractivity contribution is 7.10. The van der Waals surface area contributed by atoms with Gasteiger partial charge in [0.1, 0.15) is 0 Å². The molecule has 1 unspecified atom stereocenters. The average Bonchev–Trinajstić information content (AvgIpc) is 2.73. The van der Waals surface area contributed by atoms with E-state index in [-0.39, 0.29) is 12.6 Å². The molecule has 0 aromatic carbocycles. The van der Waals surface area contributed by atoms with Gasteiger partial charge in [0, 0.05) is 18.0 Å². The zero-order valence-electron chi connectivity index (χ0n) is 9.22. The first-order valence-corrected chi connectivity index (χ1v) is 6.29. The Hall–Kier alpha value is -0.420. The van der Waals surface area contributed by atoms with E-state index in [0.29, 0.717) is 13.1 Å². The van der Waals surface area contributed by atoms with Crippen LogP contribution in [0.3, 0.4) is 0 Å². The number of aliphatic hydroxyl groups excluding tert-OH is 1.